The fourth-order valence-electron chi connectivity index (χ4n) is 2.35. The quantitative estimate of drug-likeness (QED) is 0.897. The average molecular weight is 313 g/mol. The number of nitrogen functional groups attached to an aromatic ring is 1. The van der Waals surface area contributed by atoms with Crippen molar-refractivity contribution in [2.75, 3.05) is 37.7 Å². The van der Waals surface area contributed by atoms with Gasteiger partial charge in [-0.2, -0.15) is 0 Å². The molecule has 100 valence electrons. The Hall–Kier alpha value is -0.810. The van der Waals surface area contributed by atoms with E-state index in [0.717, 1.165) is 22.8 Å². The van der Waals surface area contributed by atoms with Crippen molar-refractivity contribution >= 4 is 27.4 Å². The number of nitrogens with one attached hydrogen (secondary N) is 1. The highest BCUT2D eigenvalue weighted by Gasteiger charge is 2.16. The van der Waals surface area contributed by atoms with Gasteiger partial charge < -0.3 is 16.0 Å². The number of nitrogens with two attached hydrogens (primary N) is 1. The second-order valence-electron chi connectivity index (χ2n) is 5.05. The fourth-order valence-corrected chi connectivity index (χ4v) is 2.70. The van der Waals surface area contributed by atoms with Crippen LogP contribution in [0.25, 0.3) is 0 Å². The topological polar surface area (TPSA) is 54.2 Å². The first-order valence-corrected chi connectivity index (χ1v) is 7.28. The molecule has 18 heavy (non-hydrogen) atoms. The van der Waals surface area contributed by atoms with E-state index in [2.05, 4.69) is 38.2 Å². The highest BCUT2D eigenvalue weighted by atomic mass is 79.9. The lowest BCUT2D eigenvalue weighted by atomic mass is 9.94. The van der Waals surface area contributed by atoms with E-state index >= 15 is 0 Å². The van der Waals surface area contributed by atoms with E-state index in [1.54, 1.807) is 6.20 Å². The molecule has 0 saturated carbocycles. The minimum atomic E-state index is 0.702. The fraction of sp³-hybridized carbons (Fsp3) is 0.615. The number of anilines is 2. The lowest BCUT2D eigenvalue weighted by Crippen LogP contribution is -2.30. The van der Waals surface area contributed by atoms with Gasteiger partial charge in [-0.25, -0.2) is 4.98 Å². The van der Waals surface area contributed by atoms with E-state index < -0.39 is 0 Å². The second-order valence-corrected chi connectivity index (χ2v) is 5.97. The van der Waals surface area contributed by atoms with Crippen LogP contribution in [0.2, 0.25) is 0 Å². The van der Waals surface area contributed by atoms with E-state index in [1.165, 1.54) is 32.4 Å². The van der Waals surface area contributed by atoms with Crippen LogP contribution in [-0.4, -0.2) is 36.6 Å². The Kier molecular flexibility index (Phi) is 4.83. The molecule has 0 unspecified atom stereocenters. The van der Waals surface area contributed by atoms with Crippen LogP contribution in [0.4, 0.5) is 11.5 Å². The normalized spacial score (nSPS) is 17.9. The second kappa shape index (κ2) is 6.38. The summed E-state index contributed by atoms with van der Waals surface area (Å²) >= 11 is 3.36. The molecule has 2 rings (SSSR count). The molecule has 0 aliphatic carbocycles. The van der Waals surface area contributed by atoms with Gasteiger partial charge in [-0.05, 0) is 67.3 Å². The maximum absolute atomic E-state index is 5.90. The summed E-state index contributed by atoms with van der Waals surface area (Å²) in [5.74, 6) is 1.64. The number of piperidine rings is 1. The number of pyridine rings is 1. The summed E-state index contributed by atoms with van der Waals surface area (Å²) in [6.07, 6.45) is 5.59. The van der Waals surface area contributed by atoms with Crippen molar-refractivity contribution in [1.82, 2.24) is 9.88 Å². The molecular weight excluding hydrogens is 292 g/mol. The largest absolute Gasteiger partial charge is 0.396 e. The molecule has 5 heteroatoms. The van der Waals surface area contributed by atoms with Gasteiger partial charge in [-0.1, -0.05) is 0 Å². The summed E-state index contributed by atoms with van der Waals surface area (Å²) in [5.41, 5.74) is 6.60. The van der Waals surface area contributed by atoms with Crippen LogP contribution in [0.15, 0.2) is 16.7 Å². The molecule has 1 saturated heterocycles. The minimum absolute atomic E-state index is 0.702. The number of hydrogen-bond acceptors (Lipinski definition) is 4. The standard InChI is InChI=1S/C13H21BrN4/c1-18-6-3-10(4-7-18)2-5-16-13-12(15)8-11(14)9-17-13/h8-10H,2-7,15H2,1H3,(H,16,17). The summed E-state index contributed by atoms with van der Waals surface area (Å²) in [4.78, 5) is 6.68. The van der Waals surface area contributed by atoms with Gasteiger partial charge in [-0.15, -0.1) is 0 Å². The highest BCUT2D eigenvalue weighted by Crippen LogP contribution is 2.22. The smallest absolute Gasteiger partial charge is 0.149 e. The molecule has 1 aliphatic rings. The van der Waals surface area contributed by atoms with Crippen molar-refractivity contribution in [3.63, 3.8) is 0 Å². The van der Waals surface area contributed by atoms with Crippen molar-refractivity contribution in [2.45, 2.75) is 19.3 Å². The summed E-state index contributed by atoms with van der Waals surface area (Å²) in [7, 11) is 2.20. The first-order chi connectivity index (χ1) is 8.65. The zero-order chi connectivity index (χ0) is 13.0. The zero-order valence-corrected chi connectivity index (χ0v) is 12.4. The van der Waals surface area contributed by atoms with Crippen LogP contribution in [0.3, 0.4) is 0 Å². The molecular formula is C13H21BrN4. The van der Waals surface area contributed by atoms with Crippen LogP contribution >= 0.6 is 15.9 Å². The lowest BCUT2D eigenvalue weighted by molar-refractivity contribution is 0.215. The van der Waals surface area contributed by atoms with Gasteiger partial charge in [0.05, 0.1) is 5.69 Å². The van der Waals surface area contributed by atoms with Gasteiger partial charge in [-0.3, -0.25) is 0 Å². The van der Waals surface area contributed by atoms with E-state index in [-0.39, 0.29) is 0 Å². The summed E-state index contributed by atoms with van der Waals surface area (Å²) in [6.45, 7) is 3.40. The molecule has 2 heterocycles. The van der Waals surface area contributed by atoms with E-state index in [0.29, 0.717) is 5.69 Å². The third kappa shape index (κ3) is 3.85. The van der Waals surface area contributed by atoms with Crippen molar-refractivity contribution in [3.8, 4) is 0 Å². The Labute approximate surface area is 117 Å². The van der Waals surface area contributed by atoms with Gasteiger partial charge in [0.25, 0.3) is 0 Å². The van der Waals surface area contributed by atoms with Gasteiger partial charge in [0.1, 0.15) is 5.82 Å². The van der Waals surface area contributed by atoms with E-state index in [4.69, 9.17) is 5.73 Å². The number of halogens is 1. The predicted molar refractivity (Wildman–Crippen MR) is 79.7 cm³/mol. The molecule has 0 spiro atoms. The van der Waals surface area contributed by atoms with Crippen LogP contribution in [0.1, 0.15) is 19.3 Å². The van der Waals surface area contributed by atoms with Crippen molar-refractivity contribution in [2.24, 2.45) is 5.92 Å². The third-order valence-corrected chi connectivity index (χ3v) is 4.00. The molecule has 0 atom stereocenters. The Morgan fingerprint density at radius 3 is 2.89 bits per heavy atom. The average Bonchev–Trinajstić information content (AvgIpc) is 2.34. The predicted octanol–water partition coefficient (Wildman–Crippen LogP) is 2.57. The highest BCUT2D eigenvalue weighted by molar-refractivity contribution is 9.10. The SMILES string of the molecule is CN1CCC(CCNc2ncc(Br)cc2N)CC1. The van der Waals surface area contributed by atoms with Crippen LogP contribution in [-0.2, 0) is 0 Å². The molecule has 3 N–H and O–H groups in total. The molecule has 0 bridgehead atoms. The summed E-state index contributed by atoms with van der Waals surface area (Å²) in [6, 6.07) is 1.88. The number of rotatable bonds is 4. The first-order valence-electron chi connectivity index (χ1n) is 6.48. The van der Waals surface area contributed by atoms with Gasteiger partial charge in [0.2, 0.25) is 0 Å². The Morgan fingerprint density at radius 1 is 1.50 bits per heavy atom. The van der Waals surface area contributed by atoms with Gasteiger partial charge in [0, 0.05) is 17.2 Å². The summed E-state index contributed by atoms with van der Waals surface area (Å²) in [5, 5.41) is 3.33. The van der Waals surface area contributed by atoms with Crippen molar-refractivity contribution in [1.29, 1.82) is 0 Å². The van der Waals surface area contributed by atoms with Gasteiger partial charge >= 0.3 is 0 Å². The molecule has 0 radical (unpaired) electrons. The first kappa shape index (κ1) is 13.6. The minimum Gasteiger partial charge on any atom is -0.396 e. The van der Waals surface area contributed by atoms with Crippen LogP contribution in [0, 0.1) is 5.92 Å². The molecule has 1 aromatic heterocycles. The molecule has 1 fully saturated rings. The zero-order valence-electron chi connectivity index (χ0n) is 10.8. The van der Waals surface area contributed by atoms with Crippen molar-refractivity contribution < 1.29 is 0 Å². The van der Waals surface area contributed by atoms with E-state index in [9.17, 15) is 0 Å². The maximum atomic E-state index is 5.90. The number of hydrogen-bond donors (Lipinski definition) is 2. The van der Waals surface area contributed by atoms with Gasteiger partial charge in [0.15, 0.2) is 0 Å². The molecule has 4 nitrogen and oxygen atoms in total. The Morgan fingerprint density at radius 2 is 2.22 bits per heavy atom. The van der Waals surface area contributed by atoms with Crippen LogP contribution < -0.4 is 11.1 Å². The third-order valence-electron chi connectivity index (χ3n) is 3.57. The Balaban J connectivity index is 1.75. The number of likely N-dealkylation sites (tertiary alicyclic amines) is 1. The Bertz CT molecular complexity index is 389. The number of aromatic nitrogens is 1. The van der Waals surface area contributed by atoms with Crippen molar-refractivity contribution in [3.05, 3.63) is 16.7 Å². The molecule has 0 aromatic carbocycles. The molecule has 0 amide bonds. The monoisotopic (exact) mass is 312 g/mol. The summed E-state index contributed by atoms with van der Waals surface area (Å²) < 4.78 is 0.917. The van der Waals surface area contributed by atoms with E-state index in [1.807, 2.05) is 6.07 Å². The molecule has 1 aliphatic heterocycles. The number of nitrogens with zero attached hydrogens (tertiary/aromatic N) is 2. The maximum Gasteiger partial charge on any atom is 0.149 e. The van der Waals surface area contributed by atoms with Crippen LogP contribution in [0.5, 0.6) is 0 Å². The molecule has 1 aromatic rings. The lowest BCUT2D eigenvalue weighted by Gasteiger charge is -2.28.